The molecule has 244 valence electrons. The van der Waals surface area contributed by atoms with E-state index in [4.69, 9.17) is 5.73 Å². The number of Topliss-reactive ketones (excluding diaryl/α,β-unsaturated/α-hetero) is 2. The first-order valence-electron chi connectivity index (χ1n) is 18.3. The van der Waals surface area contributed by atoms with Crippen molar-refractivity contribution in [2.45, 2.75) is 220 Å². The van der Waals surface area contributed by atoms with Crippen molar-refractivity contribution < 1.29 is 14.7 Å². The molecule has 0 aromatic carbocycles. The van der Waals surface area contributed by atoms with Gasteiger partial charge in [0.25, 0.3) is 0 Å². The van der Waals surface area contributed by atoms with Crippen LogP contribution in [0.4, 0.5) is 0 Å². The summed E-state index contributed by atoms with van der Waals surface area (Å²) in [5.74, 6) is -0.151. The molecule has 0 heterocycles. The minimum absolute atomic E-state index is 0.0753. The topological polar surface area (TPSA) is 80.4 Å². The number of aliphatic hydroxyl groups is 1. The van der Waals surface area contributed by atoms with E-state index in [1.807, 2.05) is 0 Å². The molecule has 4 heteroatoms. The highest BCUT2D eigenvalue weighted by atomic mass is 16.3. The van der Waals surface area contributed by atoms with Crippen LogP contribution in [0.25, 0.3) is 0 Å². The van der Waals surface area contributed by atoms with E-state index in [1.165, 1.54) is 128 Å². The summed E-state index contributed by atoms with van der Waals surface area (Å²) in [6.45, 7) is 7.82. The van der Waals surface area contributed by atoms with Crippen LogP contribution in [0.5, 0.6) is 0 Å². The molecule has 0 aliphatic heterocycles. The van der Waals surface area contributed by atoms with Gasteiger partial charge in [0, 0.05) is 18.9 Å². The van der Waals surface area contributed by atoms with E-state index in [1.54, 1.807) is 13.8 Å². The summed E-state index contributed by atoms with van der Waals surface area (Å²) >= 11 is 0. The summed E-state index contributed by atoms with van der Waals surface area (Å²) in [5.41, 5.74) is 5.02. The van der Waals surface area contributed by atoms with Gasteiger partial charge >= 0.3 is 0 Å². The zero-order chi connectivity index (χ0) is 30.6. The fourth-order valence-electron chi connectivity index (χ4n) is 6.14. The number of hydrogen-bond acceptors (Lipinski definition) is 4. The van der Waals surface area contributed by atoms with Gasteiger partial charge in [0.05, 0.1) is 6.10 Å². The third-order valence-electron chi connectivity index (χ3n) is 9.36. The zero-order valence-electron chi connectivity index (χ0n) is 28.3. The maximum Gasteiger partial charge on any atom is 0.147 e. The summed E-state index contributed by atoms with van der Waals surface area (Å²) < 4.78 is 0. The first-order valence-corrected chi connectivity index (χ1v) is 18.3. The van der Waals surface area contributed by atoms with Crippen molar-refractivity contribution in [3.8, 4) is 0 Å². The number of carbonyl (C=O) groups excluding carboxylic acids is 2. The lowest BCUT2D eigenvalue weighted by atomic mass is 9.70. The number of ketones is 2. The van der Waals surface area contributed by atoms with Gasteiger partial charge in [-0.15, -0.1) is 0 Å². The van der Waals surface area contributed by atoms with Crippen molar-refractivity contribution in [3.05, 3.63) is 0 Å². The summed E-state index contributed by atoms with van der Waals surface area (Å²) in [7, 11) is 0. The van der Waals surface area contributed by atoms with Gasteiger partial charge in [-0.25, -0.2) is 0 Å². The average Bonchev–Trinajstić information content (AvgIpc) is 2.96. The smallest absolute Gasteiger partial charge is 0.147 e. The molecule has 0 spiro atoms. The summed E-state index contributed by atoms with van der Waals surface area (Å²) in [4.78, 5) is 26.6. The molecule has 2 unspecified atom stereocenters. The monoisotopic (exact) mass is 580 g/mol. The molecular weight excluding hydrogens is 506 g/mol. The van der Waals surface area contributed by atoms with E-state index in [0.29, 0.717) is 12.8 Å². The minimum Gasteiger partial charge on any atom is -0.392 e. The number of hydrogen-bond donors (Lipinski definition) is 2. The van der Waals surface area contributed by atoms with Gasteiger partial charge in [0.15, 0.2) is 0 Å². The molecular formula is C37H73NO3. The fourth-order valence-corrected chi connectivity index (χ4v) is 6.14. The number of aliphatic hydroxyl groups excluding tert-OH is 1. The quantitative estimate of drug-likeness (QED) is 0.0613. The van der Waals surface area contributed by atoms with Crippen molar-refractivity contribution in [3.63, 3.8) is 0 Å². The van der Waals surface area contributed by atoms with Crippen LogP contribution in [0, 0.1) is 5.41 Å². The third kappa shape index (κ3) is 20.7. The SMILES string of the molecule is CCCCCCCCCCCCCCCC(=O)C(C)(C(=O)CCCCCCCCCCCCCCC)C(N)C(C)O. The molecule has 0 aliphatic carbocycles. The Morgan fingerprint density at radius 2 is 0.732 bits per heavy atom. The Balaban J connectivity index is 4.12. The maximum absolute atomic E-state index is 13.3. The fraction of sp³-hybridized carbons (Fsp3) is 0.946. The Hall–Kier alpha value is -0.740. The van der Waals surface area contributed by atoms with Gasteiger partial charge in [-0.3, -0.25) is 9.59 Å². The lowest BCUT2D eigenvalue weighted by molar-refractivity contribution is -0.143. The predicted molar refractivity (Wildman–Crippen MR) is 178 cm³/mol. The highest BCUT2D eigenvalue weighted by Gasteiger charge is 2.46. The van der Waals surface area contributed by atoms with Crippen molar-refractivity contribution in [1.82, 2.24) is 0 Å². The summed E-state index contributed by atoms with van der Waals surface area (Å²) in [5, 5.41) is 10.2. The van der Waals surface area contributed by atoms with Crippen LogP contribution in [0.2, 0.25) is 0 Å². The molecule has 0 aromatic heterocycles. The molecule has 2 atom stereocenters. The molecule has 0 aliphatic rings. The Morgan fingerprint density at radius 1 is 0.512 bits per heavy atom. The van der Waals surface area contributed by atoms with E-state index in [-0.39, 0.29) is 11.6 Å². The van der Waals surface area contributed by atoms with Crippen LogP contribution in [0.1, 0.15) is 207 Å². The van der Waals surface area contributed by atoms with Crippen LogP contribution in [0.15, 0.2) is 0 Å². The number of rotatable bonds is 32. The largest absolute Gasteiger partial charge is 0.392 e. The first-order chi connectivity index (χ1) is 19.8. The van der Waals surface area contributed by atoms with Gasteiger partial charge in [0.1, 0.15) is 17.0 Å². The summed E-state index contributed by atoms with van der Waals surface area (Å²) in [6, 6.07) is -0.841. The van der Waals surface area contributed by atoms with Gasteiger partial charge < -0.3 is 10.8 Å². The van der Waals surface area contributed by atoms with Crippen molar-refractivity contribution in [2.24, 2.45) is 11.1 Å². The van der Waals surface area contributed by atoms with Crippen molar-refractivity contribution in [1.29, 1.82) is 0 Å². The molecule has 0 amide bonds. The van der Waals surface area contributed by atoms with Crippen LogP contribution in [0.3, 0.4) is 0 Å². The zero-order valence-corrected chi connectivity index (χ0v) is 28.3. The molecule has 0 radical (unpaired) electrons. The third-order valence-corrected chi connectivity index (χ3v) is 9.36. The number of carbonyl (C=O) groups is 2. The van der Waals surface area contributed by atoms with Gasteiger partial charge in [-0.05, 0) is 26.7 Å². The molecule has 41 heavy (non-hydrogen) atoms. The highest BCUT2D eigenvalue weighted by molar-refractivity contribution is 6.07. The lowest BCUT2D eigenvalue weighted by Gasteiger charge is -2.34. The van der Waals surface area contributed by atoms with E-state index >= 15 is 0 Å². The number of unbranched alkanes of at least 4 members (excludes halogenated alkanes) is 24. The van der Waals surface area contributed by atoms with E-state index < -0.39 is 17.6 Å². The molecule has 4 nitrogen and oxygen atoms in total. The predicted octanol–water partition coefficient (Wildman–Crippen LogP) is 10.8. The van der Waals surface area contributed by atoms with Crippen molar-refractivity contribution >= 4 is 11.6 Å². The maximum atomic E-state index is 13.3. The van der Waals surface area contributed by atoms with E-state index in [2.05, 4.69) is 13.8 Å². The standard InChI is InChI=1S/C37H73NO3/c1-5-7-9-11-13-15-17-19-21-23-25-27-29-31-34(40)37(4,36(38)33(3)39)35(41)32-30-28-26-24-22-20-18-16-14-12-10-8-6-2/h33,36,39H,5-32,38H2,1-4H3. The van der Waals surface area contributed by atoms with Crippen LogP contribution < -0.4 is 5.73 Å². The normalized spacial score (nSPS) is 13.4. The van der Waals surface area contributed by atoms with E-state index in [0.717, 1.165) is 38.5 Å². The Bertz CT molecular complexity index is 561. The molecule has 0 aromatic rings. The van der Waals surface area contributed by atoms with Crippen LogP contribution in [-0.2, 0) is 9.59 Å². The first kappa shape index (κ1) is 40.3. The highest BCUT2D eigenvalue weighted by Crippen LogP contribution is 2.30. The number of nitrogens with two attached hydrogens (primary N) is 1. The van der Waals surface area contributed by atoms with Gasteiger partial charge in [0.2, 0.25) is 0 Å². The average molecular weight is 580 g/mol. The Labute approximate surface area is 256 Å². The van der Waals surface area contributed by atoms with E-state index in [9.17, 15) is 14.7 Å². The van der Waals surface area contributed by atoms with Crippen molar-refractivity contribution in [2.75, 3.05) is 0 Å². The van der Waals surface area contributed by atoms with Crippen LogP contribution >= 0.6 is 0 Å². The second-order valence-electron chi connectivity index (χ2n) is 13.3. The summed E-state index contributed by atoms with van der Waals surface area (Å²) in [6.07, 6.45) is 32.7. The molecule has 0 fully saturated rings. The molecule has 0 bridgehead atoms. The second kappa shape index (κ2) is 28.1. The molecule has 0 saturated heterocycles. The Morgan fingerprint density at radius 3 is 0.951 bits per heavy atom. The minimum atomic E-state index is -1.28. The molecule has 3 N–H and O–H groups in total. The Kier molecular flexibility index (Phi) is 27.5. The second-order valence-corrected chi connectivity index (χ2v) is 13.3. The molecule has 0 rings (SSSR count). The lowest BCUT2D eigenvalue weighted by Crippen LogP contribution is -2.55. The molecule has 0 saturated carbocycles. The van der Waals surface area contributed by atoms with Gasteiger partial charge in [-0.2, -0.15) is 0 Å². The van der Waals surface area contributed by atoms with Crippen LogP contribution in [-0.4, -0.2) is 28.8 Å². The van der Waals surface area contributed by atoms with Gasteiger partial charge in [-0.1, -0.05) is 168 Å².